The zero-order chi connectivity index (χ0) is 13.9. The number of carboxylic acids is 1. The fraction of sp³-hybridized carbons (Fsp3) is 0.462. The van der Waals surface area contributed by atoms with Crippen LogP contribution in [0.25, 0.3) is 0 Å². The molecule has 18 heavy (non-hydrogen) atoms. The van der Waals surface area contributed by atoms with Gasteiger partial charge in [0.15, 0.2) is 0 Å². The Labute approximate surface area is 105 Å². The van der Waals surface area contributed by atoms with E-state index in [0.717, 1.165) is 18.2 Å². The second-order valence-corrected chi connectivity index (χ2v) is 4.63. The van der Waals surface area contributed by atoms with E-state index in [1.807, 2.05) is 0 Å². The van der Waals surface area contributed by atoms with E-state index in [4.69, 9.17) is 10.8 Å². The van der Waals surface area contributed by atoms with Gasteiger partial charge in [-0.15, -0.1) is 0 Å². The van der Waals surface area contributed by atoms with Gasteiger partial charge in [0.1, 0.15) is 11.6 Å². The van der Waals surface area contributed by atoms with Crippen molar-refractivity contribution in [2.75, 3.05) is 0 Å². The number of carboxylic acid groups (broad SMARTS) is 1. The topological polar surface area (TPSA) is 63.3 Å². The van der Waals surface area contributed by atoms with Gasteiger partial charge in [-0.2, -0.15) is 0 Å². The van der Waals surface area contributed by atoms with Crippen molar-refractivity contribution >= 4 is 5.97 Å². The van der Waals surface area contributed by atoms with Gasteiger partial charge in [0.25, 0.3) is 0 Å². The molecule has 5 heteroatoms. The highest BCUT2D eigenvalue weighted by atomic mass is 19.1. The van der Waals surface area contributed by atoms with Crippen LogP contribution in [0, 0.1) is 11.6 Å². The molecule has 0 saturated heterocycles. The third-order valence-electron chi connectivity index (χ3n) is 3.32. The van der Waals surface area contributed by atoms with Gasteiger partial charge in [0, 0.05) is 11.5 Å². The maximum atomic E-state index is 13.8. The molecule has 0 fully saturated rings. The first-order chi connectivity index (χ1) is 8.31. The Hall–Kier alpha value is -1.49. The van der Waals surface area contributed by atoms with Crippen molar-refractivity contribution in [2.24, 2.45) is 5.73 Å². The summed E-state index contributed by atoms with van der Waals surface area (Å²) >= 11 is 0. The third kappa shape index (κ3) is 2.85. The van der Waals surface area contributed by atoms with Gasteiger partial charge in [0.2, 0.25) is 0 Å². The summed E-state index contributed by atoms with van der Waals surface area (Å²) < 4.78 is 27.0. The van der Waals surface area contributed by atoms with E-state index < -0.39 is 29.1 Å². The van der Waals surface area contributed by atoms with Crippen LogP contribution < -0.4 is 5.73 Å². The number of hydrogen-bond donors (Lipinski definition) is 2. The molecule has 3 nitrogen and oxygen atoms in total. The number of rotatable bonds is 5. The molecule has 0 amide bonds. The molecule has 100 valence electrons. The fourth-order valence-corrected chi connectivity index (χ4v) is 2.13. The zero-order valence-electron chi connectivity index (χ0n) is 10.4. The monoisotopic (exact) mass is 257 g/mol. The average molecular weight is 257 g/mol. The molecule has 0 spiro atoms. The van der Waals surface area contributed by atoms with Crippen LogP contribution in [0.1, 0.15) is 32.3 Å². The van der Waals surface area contributed by atoms with Crippen LogP contribution in [-0.4, -0.2) is 17.1 Å². The second-order valence-electron chi connectivity index (χ2n) is 4.63. The Morgan fingerprint density at radius 3 is 2.61 bits per heavy atom. The molecule has 0 bridgehead atoms. The van der Waals surface area contributed by atoms with Gasteiger partial charge >= 0.3 is 5.97 Å². The quantitative estimate of drug-likeness (QED) is 0.851. The molecule has 1 rings (SSSR count). The summed E-state index contributed by atoms with van der Waals surface area (Å²) in [4.78, 5) is 10.9. The SMILES string of the molecule is CCC(N)C(C)(CC(=O)O)c1cc(F)ccc1F. The summed E-state index contributed by atoms with van der Waals surface area (Å²) in [5.41, 5.74) is 4.78. The minimum Gasteiger partial charge on any atom is -0.481 e. The van der Waals surface area contributed by atoms with Gasteiger partial charge in [0.05, 0.1) is 6.42 Å². The molecule has 0 aliphatic heterocycles. The van der Waals surface area contributed by atoms with Crippen LogP contribution in [-0.2, 0) is 10.2 Å². The smallest absolute Gasteiger partial charge is 0.304 e. The minimum atomic E-state index is -1.13. The molecular formula is C13H17F2NO2. The van der Waals surface area contributed by atoms with E-state index in [-0.39, 0.29) is 12.0 Å². The number of hydrogen-bond acceptors (Lipinski definition) is 2. The summed E-state index contributed by atoms with van der Waals surface area (Å²) in [5.74, 6) is -2.33. The van der Waals surface area contributed by atoms with Crippen molar-refractivity contribution in [1.82, 2.24) is 0 Å². The van der Waals surface area contributed by atoms with E-state index in [1.165, 1.54) is 0 Å². The summed E-state index contributed by atoms with van der Waals surface area (Å²) in [6, 6.07) is 2.45. The predicted octanol–water partition coefficient (Wildman–Crippen LogP) is 2.43. The lowest BCUT2D eigenvalue weighted by Gasteiger charge is -2.34. The minimum absolute atomic E-state index is 0.0132. The van der Waals surface area contributed by atoms with Crippen molar-refractivity contribution in [3.63, 3.8) is 0 Å². The van der Waals surface area contributed by atoms with E-state index in [0.29, 0.717) is 6.42 Å². The lowest BCUT2D eigenvalue weighted by atomic mass is 9.72. The van der Waals surface area contributed by atoms with E-state index >= 15 is 0 Å². The van der Waals surface area contributed by atoms with Crippen molar-refractivity contribution < 1.29 is 18.7 Å². The third-order valence-corrected chi connectivity index (χ3v) is 3.32. The Kier molecular flexibility index (Phi) is 4.40. The lowest BCUT2D eigenvalue weighted by molar-refractivity contribution is -0.138. The standard InChI is InChI=1S/C13H17F2NO2/c1-3-11(16)13(2,7-12(17)18)9-6-8(14)4-5-10(9)15/h4-6,11H,3,7,16H2,1-2H3,(H,17,18). The number of halogens is 2. The van der Waals surface area contributed by atoms with Gasteiger partial charge in [-0.05, 0) is 30.2 Å². The van der Waals surface area contributed by atoms with Crippen molar-refractivity contribution in [3.05, 3.63) is 35.4 Å². The molecule has 0 heterocycles. The molecule has 3 N–H and O–H groups in total. The maximum absolute atomic E-state index is 13.8. The first-order valence-corrected chi connectivity index (χ1v) is 5.74. The summed E-state index contributed by atoms with van der Waals surface area (Å²) in [5, 5.41) is 8.94. The highest BCUT2D eigenvalue weighted by molar-refractivity contribution is 5.69. The molecule has 0 saturated carbocycles. The van der Waals surface area contributed by atoms with Crippen molar-refractivity contribution in [3.8, 4) is 0 Å². The summed E-state index contributed by atoms with van der Waals surface area (Å²) in [6.07, 6.45) is 0.127. The van der Waals surface area contributed by atoms with Crippen LogP contribution in [0.4, 0.5) is 8.78 Å². The van der Waals surface area contributed by atoms with E-state index in [1.54, 1.807) is 13.8 Å². The second kappa shape index (κ2) is 5.44. The average Bonchev–Trinajstić information content (AvgIpc) is 2.30. The van der Waals surface area contributed by atoms with Crippen LogP contribution in [0.15, 0.2) is 18.2 Å². The van der Waals surface area contributed by atoms with Crippen molar-refractivity contribution in [2.45, 2.75) is 38.1 Å². The Bertz CT molecular complexity index is 451. The molecule has 2 atom stereocenters. The predicted molar refractivity (Wildman–Crippen MR) is 64.2 cm³/mol. The highest BCUT2D eigenvalue weighted by Crippen LogP contribution is 2.34. The van der Waals surface area contributed by atoms with Crippen LogP contribution in [0.5, 0.6) is 0 Å². The number of carbonyl (C=O) groups is 1. The Balaban J connectivity index is 3.33. The molecule has 2 unspecified atom stereocenters. The molecule has 1 aromatic carbocycles. The number of nitrogens with two attached hydrogens (primary N) is 1. The van der Waals surface area contributed by atoms with Gasteiger partial charge in [-0.1, -0.05) is 13.8 Å². The molecule has 0 radical (unpaired) electrons. The zero-order valence-corrected chi connectivity index (χ0v) is 10.4. The molecule has 0 aliphatic carbocycles. The van der Waals surface area contributed by atoms with E-state index in [2.05, 4.69) is 0 Å². The maximum Gasteiger partial charge on any atom is 0.304 e. The van der Waals surface area contributed by atoms with Crippen LogP contribution in [0.3, 0.4) is 0 Å². The Morgan fingerprint density at radius 1 is 1.50 bits per heavy atom. The first-order valence-electron chi connectivity index (χ1n) is 5.74. The molecular weight excluding hydrogens is 240 g/mol. The number of benzene rings is 1. The van der Waals surface area contributed by atoms with Gasteiger partial charge in [-0.3, -0.25) is 4.79 Å². The number of aliphatic carboxylic acids is 1. The van der Waals surface area contributed by atoms with E-state index in [9.17, 15) is 13.6 Å². The Morgan fingerprint density at radius 2 is 2.11 bits per heavy atom. The summed E-state index contributed by atoms with van der Waals surface area (Å²) in [6.45, 7) is 3.33. The van der Waals surface area contributed by atoms with Gasteiger partial charge in [-0.25, -0.2) is 8.78 Å². The molecule has 1 aromatic rings. The summed E-state index contributed by atoms with van der Waals surface area (Å²) in [7, 11) is 0. The lowest BCUT2D eigenvalue weighted by Crippen LogP contribution is -2.45. The van der Waals surface area contributed by atoms with Crippen molar-refractivity contribution in [1.29, 1.82) is 0 Å². The highest BCUT2D eigenvalue weighted by Gasteiger charge is 2.37. The molecule has 0 aliphatic rings. The van der Waals surface area contributed by atoms with Crippen LogP contribution >= 0.6 is 0 Å². The normalized spacial score (nSPS) is 16.1. The largest absolute Gasteiger partial charge is 0.481 e. The first kappa shape index (κ1) is 14.6. The van der Waals surface area contributed by atoms with Gasteiger partial charge < -0.3 is 10.8 Å². The molecule has 0 aromatic heterocycles. The van der Waals surface area contributed by atoms with Crippen LogP contribution in [0.2, 0.25) is 0 Å². The fourth-order valence-electron chi connectivity index (χ4n) is 2.13.